The van der Waals surface area contributed by atoms with Gasteiger partial charge in [0.2, 0.25) is 0 Å². The lowest BCUT2D eigenvalue weighted by molar-refractivity contribution is -0.137. The summed E-state index contributed by atoms with van der Waals surface area (Å²) in [6.07, 6.45) is -2.15. The molecule has 2 aromatic heterocycles. The second-order valence-electron chi connectivity index (χ2n) is 10.4. The third kappa shape index (κ3) is 4.95. The van der Waals surface area contributed by atoms with Gasteiger partial charge in [-0.1, -0.05) is 18.2 Å². The van der Waals surface area contributed by atoms with Crippen LogP contribution in [0.4, 0.5) is 13.2 Å². The number of halogens is 4. The van der Waals surface area contributed by atoms with Gasteiger partial charge >= 0.3 is 6.18 Å². The Morgan fingerprint density at radius 1 is 1.24 bits per heavy atom. The van der Waals surface area contributed by atoms with Gasteiger partial charge in [-0.05, 0) is 53.7 Å². The van der Waals surface area contributed by atoms with Crippen molar-refractivity contribution in [1.29, 1.82) is 0 Å². The van der Waals surface area contributed by atoms with Crippen LogP contribution in [-0.4, -0.2) is 52.7 Å². The summed E-state index contributed by atoms with van der Waals surface area (Å²) >= 11 is 6.63. The topological polar surface area (TPSA) is 50.6 Å². The highest BCUT2D eigenvalue weighted by atomic mass is 35.5. The van der Waals surface area contributed by atoms with E-state index in [2.05, 4.69) is 21.4 Å². The summed E-state index contributed by atoms with van der Waals surface area (Å²) in [5, 5.41) is 1.54. The van der Waals surface area contributed by atoms with Gasteiger partial charge in [0, 0.05) is 80.8 Å². The molecule has 0 amide bonds. The molecule has 0 N–H and O–H groups in total. The highest BCUT2D eigenvalue weighted by molar-refractivity contribution is 6.32. The molecule has 0 saturated carbocycles. The number of fused-ring (bicyclic) bond motifs is 2. The monoisotopic (exact) mass is 546 g/mol. The van der Waals surface area contributed by atoms with E-state index in [1.807, 2.05) is 12.1 Å². The molecule has 0 aliphatic carbocycles. The van der Waals surface area contributed by atoms with Crippen LogP contribution in [0.15, 0.2) is 53.6 Å². The van der Waals surface area contributed by atoms with Gasteiger partial charge in [-0.25, -0.2) is 0 Å². The molecule has 3 aromatic rings. The predicted octanol–water partition coefficient (Wildman–Crippen LogP) is 5.02. The van der Waals surface area contributed by atoms with Crippen molar-refractivity contribution >= 4 is 22.5 Å². The Bertz CT molecular complexity index is 1450. The van der Waals surface area contributed by atoms with Gasteiger partial charge in [-0.3, -0.25) is 14.7 Å². The Kier molecular flexibility index (Phi) is 7.04. The van der Waals surface area contributed by atoms with Gasteiger partial charge in [-0.2, -0.15) is 13.2 Å². The average Bonchev–Trinajstić information content (AvgIpc) is 3.29. The number of nitrogens with zero attached hydrogens (tertiary/aromatic N) is 4. The standard InChI is InChI=1S/C28H30ClF3N4O2/c1-18(36-8-6-24-21(15-36)10-22(13-33-24)28(30,31)32)27(17-38-3)7-9-35(16-27)14-20-12-25-19(11-23(20)29)4-5-26(37)34(25)2/h4-5,10-13H,1,6-9,14-17H2,2-3H3. The minimum absolute atomic E-state index is 0.0805. The number of aryl methyl sites for hydroxylation is 1. The molecule has 0 bridgehead atoms. The van der Waals surface area contributed by atoms with Crippen molar-refractivity contribution in [3.8, 4) is 0 Å². The van der Waals surface area contributed by atoms with Crippen molar-refractivity contribution in [3.05, 3.63) is 86.6 Å². The van der Waals surface area contributed by atoms with Gasteiger partial charge in [0.1, 0.15) is 0 Å². The predicted molar refractivity (Wildman–Crippen MR) is 141 cm³/mol. The molecule has 5 rings (SSSR count). The fourth-order valence-electron chi connectivity index (χ4n) is 5.75. The van der Waals surface area contributed by atoms with E-state index in [-0.39, 0.29) is 11.0 Å². The molecular formula is C28H30ClF3N4O2. The van der Waals surface area contributed by atoms with E-state index in [1.54, 1.807) is 24.8 Å². The van der Waals surface area contributed by atoms with Crippen LogP contribution in [0.3, 0.4) is 0 Å². The first-order chi connectivity index (χ1) is 18.0. The van der Waals surface area contributed by atoms with Crippen LogP contribution in [0.5, 0.6) is 0 Å². The lowest BCUT2D eigenvalue weighted by atomic mass is 9.83. The first-order valence-corrected chi connectivity index (χ1v) is 12.9. The molecule has 4 heterocycles. The van der Waals surface area contributed by atoms with E-state index in [4.69, 9.17) is 16.3 Å². The first kappa shape index (κ1) is 26.7. The van der Waals surface area contributed by atoms with Crippen molar-refractivity contribution in [1.82, 2.24) is 19.4 Å². The van der Waals surface area contributed by atoms with Crippen LogP contribution in [0.25, 0.3) is 10.9 Å². The number of ether oxygens (including phenoxy) is 1. The molecule has 38 heavy (non-hydrogen) atoms. The maximum atomic E-state index is 13.3. The van der Waals surface area contributed by atoms with E-state index < -0.39 is 11.7 Å². The Hall–Kier alpha value is -2.88. The van der Waals surface area contributed by atoms with Crippen molar-refractivity contribution < 1.29 is 17.9 Å². The maximum absolute atomic E-state index is 13.3. The lowest BCUT2D eigenvalue weighted by Gasteiger charge is -2.41. The van der Waals surface area contributed by atoms with Crippen LogP contribution in [0.1, 0.15) is 28.8 Å². The second-order valence-corrected chi connectivity index (χ2v) is 10.8. The smallest absolute Gasteiger partial charge is 0.384 e. The summed E-state index contributed by atoms with van der Waals surface area (Å²) in [5.74, 6) is 0. The van der Waals surface area contributed by atoms with Crippen molar-refractivity contribution in [2.45, 2.75) is 32.1 Å². The fraction of sp³-hybridized carbons (Fsp3) is 0.429. The minimum Gasteiger partial charge on any atom is -0.384 e. The van der Waals surface area contributed by atoms with E-state index in [9.17, 15) is 18.0 Å². The van der Waals surface area contributed by atoms with Crippen LogP contribution < -0.4 is 5.56 Å². The number of likely N-dealkylation sites (tertiary alicyclic amines) is 1. The summed E-state index contributed by atoms with van der Waals surface area (Å²) in [6.45, 7) is 7.91. The Morgan fingerprint density at radius 3 is 2.76 bits per heavy atom. The molecule has 10 heteroatoms. The zero-order valence-electron chi connectivity index (χ0n) is 21.4. The number of rotatable bonds is 6. The third-order valence-electron chi connectivity index (χ3n) is 7.90. The second kappa shape index (κ2) is 10.0. The lowest BCUT2D eigenvalue weighted by Crippen LogP contribution is -2.42. The molecule has 1 atom stereocenters. The number of benzene rings is 1. The Labute approximate surface area is 224 Å². The van der Waals surface area contributed by atoms with Gasteiger partial charge in [0.15, 0.2) is 0 Å². The van der Waals surface area contributed by atoms with Crippen molar-refractivity contribution in [2.24, 2.45) is 12.5 Å². The summed E-state index contributed by atoms with van der Waals surface area (Å²) in [6, 6.07) is 8.37. The molecule has 2 aliphatic heterocycles. The van der Waals surface area contributed by atoms with Gasteiger partial charge in [0.25, 0.3) is 5.56 Å². The largest absolute Gasteiger partial charge is 0.417 e. The van der Waals surface area contributed by atoms with Crippen molar-refractivity contribution in [3.63, 3.8) is 0 Å². The van der Waals surface area contributed by atoms with E-state index >= 15 is 0 Å². The third-order valence-corrected chi connectivity index (χ3v) is 8.25. The highest BCUT2D eigenvalue weighted by Crippen LogP contribution is 2.42. The summed E-state index contributed by atoms with van der Waals surface area (Å²) in [5.41, 5.74) is 2.73. The fourth-order valence-corrected chi connectivity index (χ4v) is 5.98. The molecule has 1 unspecified atom stereocenters. The number of methoxy groups -OCH3 is 1. The van der Waals surface area contributed by atoms with Gasteiger partial charge in [-0.15, -0.1) is 0 Å². The van der Waals surface area contributed by atoms with Gasteiger partial charge in [0.05, 0.1) is 17.7 Å². The molecule has 1 aromatic carbocycles. The van der Waals surface area contributed by atoms with E-state index in [1.165, 1.54) is 12.1 Å². The Balaban J connectivity index is 1.36. The first-order valence-electron chi connectivity index (χ1n) is 12.5. The molecule has 0 radical (unpaired) electrons. The van der Waals surface area contributed by atoms with E-state index in [0.29, 0.717) is 55.5 Å². The number of hydrogen-bond acceptors (Lipinski definition) is 5. The van der Waals surface area contributed by atoms with Gasteiger partial charge < -0.3 is 14.2 Å². The number of hydrogen-bond donors (Lipinski definition) is 0. The summed E-state index contributed by atoms with van der Waals surface area (Å²) in [7, 11) is 3.40. The molecule has 1 fully saturated rings. The number of pyridine rings is 2. The average molecular weight is 547 g/mol. The van der Waals surface area contributed by atoms with Crippen molar-refractivity contribution in [2.75, 3.05) is 33.4 Å². The SMILES string of the molecule is C=C(N1CCc2ncc(C(F)(F)F)cc2C1)C1(COC)CCN(Cc2cc3c(ccc(=O)n3C)cc2Cl)C1. The minimum atomic E-state index is -4.43. The van der Waals surface area contributed by atoms with Crippen LogP contribution in [0, 0.1) is 5.41 Å². The zero-order valence-corrected chi connectivity index (χ0v) is 22.2. The molecule has 2 aliphatic rings. The normalized spacial score (nSPS) is 20.2. The maximum Gasteiger partial charge on any atom is 0.417 e. The molecular weight excluding hydrogens is 517 g/mol. The summed E-state index contributed by atoms with van der Waals surface area (Å²) in [4.78, 5) is 20.6. The van der Waals surface area contributed by atoms with E-state index in [0.717, 1.165) is 41.3 Å². The summed E-state index contributed by atoms with van der Waals surface area (Å²) < 4.78 is 47.1. The van der Waals surface area contributed by atoms with Crippen LogP contribution in [-0.2, 0) is 37.5 Å². The molecule has 0 spiro atoms. The number of alkyl halides is 3. The quantitative estimate of drug-likeness (QED) is 0.435. The zero-order chi connectivity index (χ0) is 27.2. The molecule has 1 saturated heterocycles. The highest BCUT2D eigenvalue weighted by Gasteiger charge is 2.43. The van der Waals surface area contributed by atoms with Crippen LogP contribution in [0.2, 0.25) is 5.02 Å². The number of aromatic nitrogens is 2. The van der Waals surface area contributed by atoms with Crippen LogP contribution >= 0.6 is 11.6 Å². The molecule has 202 valence electrons. The molecule has 6 nitrogen and oxygen atoms in total. The Morgan fingerprint density at radius 2 is 2.03 bits per heavy atom.